The number of nitrogens with one attached hydrogen (secondary N) is 1. The predicted octanol–water partition coefficient (Wildman–Crippen LogP) is 3.34. The molecular formula is C17H28N2S. The van der Waals surface area contributed by atoms with Gasteiger partial charge in [0, 0.05) is 43.7 Å². The Balaban J connectivity index is 1.71. The molecular weight excluding hydrogens is 264 g/mol. The fourth-order valence-corrected chi connectivity index (χ4v) is 3.62. The molecule has 1 unspecified atom stereocenters. The number of hydrogen-bond acceptors (Lipinski definition) is 3. The molecule has 0 amide bonds. The Morgan fingerprint density at radius 1 is 1.20 bits per heavy atom. The Morgan fingerprint density at radius 3 is 2.55 bits per heavy atom. The lowest BCUT2D eigenvalue weighted by molar-refractivity contribution is 0.297. The standard InChI is InChI=1S/C17H28N2S/c1-3-4-16-5-7-17(8-6-16)15(2)18-9-10-19-11-13-20-14-12-19/h5-8,15,18H,3-4,9-14H2,1-2H3. The van der Waals surface area contributed by atoms with Crippen molar-refractivity contribution in [2.24, 2.45) is 0 Å². The van der Waals surface area contributed by atoms with Crippen molar-refractivity contribution in [3.63, 3.8) is 0 Å². The number of aryl methyl sites for hydroxylation is 1. The van der Waals surface area contributed by atoms with E-state index in [2.05, 4.69) is 60.1 Å². The van der Waals surface area contributed by atoms with Crippen LogP contribution in [0, 0.1) is 0 Å². The molecule has 1 heterocycles. The molecule has 2 rings (SSSR count). The van der Waals surface area contributed by atoms with E-state index in [4.69, 9.17) is 0 Å². The molecule has 1 saturated heterocycles. The summed E-state index contributed by atoms with van der Waals surface area (Å²) >= 11 is 2.08. The van der Waals surface area contributed by atoms with Crippen molar-refractivity contribution < 1.29 is 0 Å². The van der Waals surface area contributed by atoms with Gasteiger partial charge in [0.15, 0.2) is 0 Å². The maximum absolute atomic E-state index is 3.65. The van der Waals surface area contributed by atoms with Gasteiger partial charge < -0.3 is 10.2 Å². The van der Waals surface area contributed by atoms with Gasteiger partial charge in [-0.15, -0.1) is 0 Å². The summed E-state index contributed by atoms with van der Waals surface area (Å²) in [5.41, 5.74) is 2.85. The summed E-state index contributed by atoms with van der Waals surface area (Å²) in [6.45, 7) is 9.28. The van der Waals surface area contributed by atoms with E-state index in [1.807, 2.05) is 0 Å². The summed E-state index contributed by atoms with van der Waals surface area (Å²) in [7, 11) is 0. The van der Waals surface area contributed by atoms with Crippen LogP contribution >= 0.6 is 11.8 Å². The zero-order chi connectivity index (χ0) is 14.2. The van der Waals surface area contributed by atoms with Crippen LogP contribution in [0.25, 0.3) is 0 Å². The molecule has 1 fully saturated rings. The molecule has 20 heavy (non-hydrogen) atoms. The topological polar surface area (TPSA) is 15.3 Å². The predicted molar refractivity (Wildman–Crippen MR) is 90.6 cm³/mol. The van der Waals surface area contributed by atoms with Gasteiger partial charge in [0.25, 0.3) is 0 Å². The first-order valence-corrected chi connectivity index (χ1v) is 9.07. The SMILES string of the molecule is CCCc1ccc(C(C)NCCN2CCSCC2)cc1. The molecule has 112 valence electrons. The molecule has 0 saturated carbocycles. The Bertz CT molecular complexity index is 371. The van der Waals surface area contributed by atoms with E-state index in [-0.39, 0.29) is 0 Å². The van der Waals surface area contributed by atoms with Crippen LogP contribution in [0.15, 0.2) is 24.3 Å². The third-order valence-electron chi connectivity index (χ3n) is 4.00. The number of benzene rings is 1. The van der Waals surface area contributed by atoms with Gasteiger partial charge in [0.2, 0.25) is 0 Å². The quantitative estimate of drug-likeness (QED) is 0.830. The molecule has 0 bridgehead atoms. The first-order chi connectivity index (χ1) is 9.79. The Hall–Kier alpha value is -0.510. The minimum absolute atomic E-state index is 0.449. The van der Waals surface area contributed by atoms with Gasteiger partial charge in [-0.25, -0.2) is 0 Å². The number of thioether (sulfide) groups is 1. The highest BCUT2D eigenvalue weighted by Gasteiger charge is 2.10. The van der Waals surface area contributed by atoms with Crippen LogP contribution in [0.2, 0.25) is 0 Å². The van der Waals surface area contributed by atoms with E-state index >= 15 is 0 Å². The van der Waals surface area contributed by atoms with E-state index in [0.29, 0.717) is 6.04 Å². The number of rotatable bonds is 7. The molecule has 1 aliphatic heterocycles. The third kappa shape index (κ3) is 5.12. The molecule has 1 aliphatic rings. The van der Waals surface area contributed by atoms with Gasteiger partial charge in [-0.05, 0) is 24.5 Å². The molecule has 0 radical (unpaired) electrons. The highest BCUT2D eigenvalue weighted by molar-refractivity contribution is 7.99. The van der Waals surface area contributed by atoms with Gasteiger partial charge in [-0.3, -0.25) is 0 Å². The maximum Gasteiger partial charge on any atom is 0.0292 e. The summed E-state index contributed by atoms with van der Waals surface area (Å²) in [6, 6.07) is 9.56. The minimum atomic E-state index is 0.449. The molecule has 1 atom stereocenters. The van der Waals surface area contributed by atoms with Crippen molar-refractivity contribution in [3.8, 4) is 0 Å². The fraction of sp³-hybridized carbons (Fsp3) is 0.647. The van der Waals surface area contributed by atoms with Gasteiger partial charge >= 0.3 is 0 Å². The van der Waals surface area contributed by atoms with Crippen LogP contribution in [-0.4, -0.2) is 42.6 Å². The van der Waals surface area contributed by atoms with Crippen molar-refractivity contribution in [2.45, 2.75) is 32.7 Å². The van der Waals surface area contributed by atoms with Crippen molar-refractivity contribution >= 4 is 11.8 Å². The van der Waals surface area contributed by atoms with Crippen LogP contribution in [-0.2, 0) is 6.42 Å². The van der Waals surface area contributed by atoms with Gasteiger partial charge in [0.1, 0.15) is 0 Å². The highest BCUT2D eigenvalue weighted by Crippen LogP contribution is 2.14. The molecule has 2 nitrogen and oxygen atoms in total. The Kier molecular flexibility index (Phi) is 6.91. The molecule has 0 aliphatic carbocycles. The zero-order valence-corrected chi connectivity index (χ0v) is 13.7. The lowest BCUT2D eigenvalue weighted by Crippen LogP contribution is -2.38. The van der Waals surface area contributed by atoms with E-state index in [1.165, 1.54) is 55.1 Å². The van der Waals surface area contributed by atoms with Crippen LogP contribution in [0.4, 0.5) is 0 Å². The normalized spacial score (nSPS) is 18.1. The first-order valence-electron chi connectivity index (χ1n) is 7.92. The van der Waals surface area contributed by atoms with Gasteiger partial charge in [0.05, 0.1) is 0 Å². The van der Waals surface area contributed by atoms with E-state index < -0.39 is 0 Å². The van der Waals surface area contributed by atoms with Crippen molar-refractivity contribution in [3.05, 3.63) is 35.4 Å². The summed E-state index contributed by atoms with van der Waals surface area (Å²) in [5, 5.41) is 3.65. The average molecular weight is 292 g/mol. The molecule has 3 heteroatoms. The lowest BCUT2D eigenvalue weighted by Gasteiger charge is -2.27. The molecule has 0 spiro atoms. The monoisotopic (exact) mass is 292 g/mol. The second-order valence-electron chi connectivity index (χ2n) is 5.62. The van der Waals surface area contributed by atoms with Crippen LogP contribution in [0.3, 0.4) is 0 Å². The summed E-state index contributed by atoms with van der Waals surface area (Å²) in [5.74, 6) is 2.60. The smallest absolute Gasteiger partial charge is 0.0292 e. The third-order valence-corrected chi connectivity index (χ3v) is 4.94. The molecule has 1 aromatic rings. The second-order valence-corrected chi connectivity index (χ2v) is 6.85. The van der Waals surface area contributed by atoms with E-state index in [1.54, 1.807) is 0 Å². The number of hydrogen-bond donors (Lipinski definition) is 1. The van der Waals surface area contributed by atoms with E-state index in [0.717, 1.165) is 6.54 Å². The number of nitrogens with zero attached hydrogens (tertiary/aromatic N) is 1. The fourth-order valence-electron chi connectivity index (χ4n) is 2.64. The van der Waals surface area contributed by atoms with Gasteiger partial charge in [-0.2, -0.15) is 11.8 Å². The molecule has 1 N–H and O–H groups in total. The van der Waals surface area contributed by atoms with Crippen LogP contribution < -0.4 is 5.32 Å². The van der Waals surface area contributed by atoms with Crippen molar-refractivity contribution in [1.29, 1.82) is 0 Å². The second kappa shape index (κ2) is 8.71. The Morgan fingerprint density at radius 2 is 1.90 bits per heavy atom. The zero-order valence-electron chi connectivity index (χ0n) is 12.9. The van der Waals surface area contributed by atoms with Gasteiger partial charge in [-0.1, -0.05) is 37.6 Å². The summed E-state index contributed by atoms with van der Waals surface area (Å²) in [4.78, 5) is 2.57. The van der Waals surface area contributed by atoms with Crippen molar-refractivity contribution in [2.75, 3.05) is 37.7 Å². The largest absolute Gasteiger partial charge is 0.309 e. The minimum Gasteiger partial charge on any atom is -0.309 e. The maximum atomic E-state index is 3.65. The highest BCUT2D eigenvalue weighted by atomic mass is 32.2. The van der Waals surface area contributed by atoms with Crippen LogP contribution in [0.1, 0.15) is 37.4 Å². The van der Waals surface area contributed by atoms with Crippen molar-refractivity contribution in [1.82, 2.24) is 10.2 Å². The molecule has 0 aromatic heterocycles. The van der Waals surface area contributed by atoms with E-state index in [9.17, 15) is 0 Å². The average Bonchev–Trinajstić information content (AvgIpc) is 2.49. The first kappa shape index (κ1) is 15.9. The summed E-state index contributed by atoms with van der Waals surface area (Å²) < 4.78 is 0. The molecule has 1 aromatic carbocycles. The summed E-state index contributed by atoms with van der Waals surface area (Å²) in [6.07, 6.45) is 2.41. The lowest BCUT2D eigenvalue weighted by atomic mass is 10.0. The Labute approximate surface area is 128 Å². The van der Waals surface area contributed by atoms with Crippen LogP contribution in [0.5, 0.6) is 0 Å².